The normalized spacial score (nSPS) is 12.5. The third-order valence-corrected chi connectivity index (χ3v) is 2.48. The molecule has 0 fully saturated rings. The number of nitrogens with zero attached hydrogens (tertiary/aromatic N) is 1. The molecule has 0 aliphatic carbocycles. The molecule has 5 nitrogen and oxygen atoms in total. The van der Waals surface area contributed by atoms with Crippen LogP contribution in [0.1, 0.15) is 0 Å². The van der Waals surface area contributed by atoms with Crippen LogP contribution >= 0.6 is 23.2 Å². The van der Waals surface area contributed by atoms with Gasteiger partial charge in [0.15, 0.2) is 0 Å². The number of halogens is 2. The van der Waals surface area contributed by atoms with Crippen molar-refractivity contribution in [2.45, 2.75) is 6.04 Å². The first-order chi connectivity index (χ1) is 7.58. The summed E-state index contributed by atoms with van der Waals surface area (Å²) in [4.78, 5) is 3.98. The predicted octanol–water partition coefficient (Wildman–Crippen LogP) is 1.39. The lowest BCUT2D eigenvalue weighted by atomic mass is 10.3. The van der Waals surface area contributed by atoms with E-state index in [1.54, 1.807) is 0 Å². The molecule has 1 aromatic heterocycles. The standard InChI is InChI=1S/C9H13Cl2N3O2/c1-16-4-5(3-15)13-9-7(11)2-6(10)8(12)14-9/h2,5,15H,3-4H2,1H3,(H3,12,13,14). The minimum atomic E-state index is -0.296. The molecule has 7 heteroatoms. The molecule has 0 aromatic carbocycles. The van der Waals surface area contributed by atoms with Gasteiger partial charge in [0.2, 0.25) is 0 Å². The molecule has 1 rings (SSSR count). The lowest BCUT2D eigenvalue weighted by Crippen LogP contribution is -2.29. The number of anilines is 2. The summed E-state index contributed by atoms with van der Waals surface area (Å²) in [5.74, 6) is 0.558. The second kappa shape index (κ2) is 6.10. The topological polar surface area (TPSA) is 80.4 Å². The van der Waals surface area contributed by atoms with E-state index < -0.39 is 0 Å². The first-order valence-corrected chi connectivity index (χ1v) is 5.32. The molecule has 0 aliphatic rings. The lowest BCUT2D eigenvalue weighted by Gasteiger charge is -2.17. The van der Waals surface area contributed by atoms with E-state index >= 15 is 0 Å². The van der Waals surface area contributed by atoms with Gasteiger partial charge in [-0.1, -0.05) is 23.2 Å². The molecule has 1 heterocycles. The van der Waals surface area contributed by atoms with Gasteiger partial charge in [0.1, 0.15) is 11.6 Å². The smallest absolute Gasteiger partial charge is 0.147 e. The highest BCUT2D eigenvalue weighted by molar-refractivity contribution is 6.37. The lowest BCUT2D eigenvalue weighted by molar-refractivity contribution is 0.153. The highest BCUT2D eigenvalue weighted by Crippen LogP contribution is 2.27. The Bertz CT molecular complexity index is 363. The van der Waals surface area contributed by atoms with Crippen molar-refractivity contribution in [3.8, 4) is 0 Å². The van der Waals surface area contributed by atoms with Gasteiger partial charge in [-0.25, -0.2) is 4.98 Å². The number of aliphatic hydroxyl groups is 1. The maximum Gasteiger partial charge on any atom is 0.147 e. The number of hydrogen-bond acceptors (Lipinski definition) is 5. The third-order valence-electron chi connectivity index (χ3n) is 1.89. The van der Waals surface area contributed by atoms with Crippen molar-refractivity contribution in [3.05, 3.63) is 16.1 Å². The van der Waals surface area contributed by atoms with E-state index in [-0.39, 0.29) is 18.5 Å². The average Bonchev–Trinajstić information content (AvgIpc) is 2.25. The Morgan fingerprint density at radius 3 is 2.81 bits per heavy atom. The summed E-state index contributed by atoms with van der Waals surface area (Å²) in [6.07, 6.45) is 0. The molecule has 0 radical (unpaired) electrons. The Balaban J connectivity index is 2.83. The molecule has 0 bridgehead atoms. The van der Waals surface area contributed by atoms with Crippen LogP contribution in [0.2, 0.25) is 10.0 Å². The van der Waals surface area contributed by atoms with Crippen molar-refractivity contribution in [1.29, 1.82) is 0 Å². The second-order valence-corrected chi connectivity index (χ2v) is 3.98. The molecule has 0 aliphatic heterocycles. The molecular weight excluding hydrogens is 253 g/mol. The van der Waals surface area contributed by atoms with E-state index in [1.165, 1.54) is 13.2 Å². The van der Waals surface area contributed by atoms with E-state index in [4.69, 9.17) is 38.8 Å². The number of methoxy groups -OCH3 is 1. The van der Waals surface area contributed by atoms with Gasteiger partial charge < -0.3 is 20.9 Å². The molecule has 0 saturated carbocycles. The minimum Gasteiger partial charge on any atom is -0.394 e. The number of aliphatic hydroxyl groups excluding tert-OH is 1. The second-order valence-electron chi connectivity index (χ2n) is 3.17. The molecule has 0 saturated heterocycles. The van der Waals surface area contributed by atoms with E-state index in [0.717, 1.165) is 0 Å². The van der Waals surface area contributed by atoms with Gasteiger partial charge >= 0.3 is 0 Å². The maximum atomic E-state index is 9.06. The number of rotatable bonds is 5. The molecule has 0 amide bonds. The summed E-state index contributed by atoms with van der Waals surface area (Å²) in [7, 11) is 1.54. The van der Waals surface area contributed by atoms with Crippen molar-refractivity contribution >= 4 is 34.8 Å². The number of nitrogen functional groups attached to an aromatic ring is 1. The summed E-state index contributed by atoms with van der Waals surface area (Å²) in [6.45, 7) is 0.228. The van der Waals surface area contributed by atoms with Crippen molar-refractivity contribution in [1.82, 2.24) is 4.98 Å². The van der Waals surface area contributed by atoms with Gasteiger partial charge in [0, 0.05) is 7.11 Å². The van der Waals surface area contributed by atoms with Crippen LogP contribution in [0.5, 0.6) is 0 Å². The summed E-state index contributed by atoms with van der Waals surface area (Å²) in [5.41, 5.74) is 5.55. The van der Waals surface area contributed by atoms with Gasteiger partial charge in [-0.05, 0) is 6.07 Å². The number of pyridine rings is 1. The zero-order valence-corrected chi connectivity index (χ0v) is 10.2. The zero-order chi connectivity index (χ0) is 12.1. The number of nitrogens with one attached hydrogen (secondary N) is 1. The van der Waals surface area contributed by atoms with Crippen LogP contribution in [0.15, 0.2) is 6.07 Å². The van der Waals surface area contributed by atoms with E-state index in [2.05, 4.69) is 10.3 Å². The van der Waals surface area contributed by atoms with Crippen LogP contribution in [-0.2, 0) is 4.74 Å². The fourth-order valence-electron chi connectivity index (χ4n) is 1.12. The van der Waals surface area contributed by atoms with Crippen molar-refractivity contribution in [3.63, 3.8) is 0 Å². The number of ether oxygens (including phenoxy) is 1. The fourth-order valence-corrected chi connectivity index (χ4v) is 1.53. The van der Waals surface area contributed by atoms with Gasteiger partial charge in [-0.2, -0.15) is 0 Å². The molecule has 1 unspecified atom stereocenters. The Morgan fingerprint density at radius 1 is 1.56 bits per heavy atom. The molecule has 90 valence electrons. The van der Waals surface area contributed by atoms with Gasteiger partial charge in [0.05, 0.1) is 29.3 Å². The van der Waals surface area contributed by atoms with Crippen LogP contribution in [0.25, 0.3) is 0 Å². The summed E-state index contributed by atoms with van der Waals surface area (Å²) < 4.78 is 4.91. The number of aromatic nitrogens is 1. The van der Waals surface area contributed by atoms with E-state index in [9.17, 15) is 0 Å². The molecule has 1 aromatic rings. The monoisotopic (exact) mass is 265 g/mol. The molecule has 0 spiro atoms. The molecule has 16 heavy (non-hydrogen) atoms. The molecule has 4 N–H and O–H groups in total. The van der Waals surface area contributed by atoms with Crippen LogP contribution in [-0.4, -0.2) is 36.5 Å². The largest absolute Gasteiger partial charge is 0.394 e. The predicted molar refractivity (Wildman–Crippen MR) is 65.0 cm³/mol. The van der Waals surface area contributed by atoms with Crippen LogP contribution in [0.4, 0.5) is 11.6 Å². The average molecular weight is 266 g/mol. The van der Waals surface area contributed by atoms with Gasteiger partial charge in [-0.15, -0.1) is 0 Å². The first-order valence-electron chi connectivity index (χ1n) is 4.56. The summed E-state index contributed by atoms with van der Waals surface area (Å²) >= 11 is 11.7. The first kappa shape index (κ1) is 13.3. The Morgan fingerprint density at radius 2 is 2.25 bits per heavy atom. The highest BCUT2D eigenvalue weighted by Gasteiger charge is 2.12. The van der Waals surface area contributed by atoms with Crippen molar-refractivity contribution in [2.24, 2.45) is 0 Å². The fraction of sp³-hybridized carbons (Fsp3) is 0.444. The van der Waals surface area contributed by atoms with Crippen molar-refractivity contribution in [2.75, 3.05) is 31.4 Å². The van der Waals surface area contributed by atoms with E-state index in [0.29, 0.717) is 22.5 Å². The maximum absolute atomic E-state index is 9.06. The van der Waals surface area contributed by atoms with Gasteiger partial charge in [-0.3, -0.25) is 0 Å². The van der Waals surface area contributed by atoms with E-state index in [1.807, 2.05) is 0 Å². The van der Waals surface area contributed by atoms with Crippen LogP contribution < -0.4 is 11.1 Å². The number of hydrogen-bond donors (Lipinski definition) is 3. The minimum absolute atomic E-state index is 0.103. The quantitative estimate of drug-likeness (QED) is 0.750. The number of nitrogens with two attached hydrogens (primary N) is 1. The van der Waals surface area contributed by atoms with Crippen LogP contribution in [0, 0.1) is 0 Å². The SMILES string of the molecule is COCC(CO)Nc1nc(N)c(Cl)cc1Cl. The molecule has 1 atom stereocenters. The third kappa shape index (κ3) is 3.38. The van der Waals surface area contributed by atoms with Crippen molar-refractivity contribution < 1.29 is 9.84 Å². The summed E-state index contributed by atoms with van der Waals surface area (Å²) in [5, 5.41) is 12.6. The Kier molecular flexibility index (Phi) is 5.08. The Labute approximate surface area is 104 Å². The van der Waals surface area contributed by atoms with Crippen LogP contribution in [0.3, 0.4) is 0 Å². The highest BCUT2D eigenvalue weighted by atomic mass is 35.5. The summed E-state index contributed by atoms with van der Waals surface area (Å²) in [6, 6.07) is 1.20. The zero-order valence-electron chi connectivity index (χ0n) is 8.70. The molecular formula is C9H13Cl2N3O2. The van der Waals surface area contributed by atoms with Gasteiger partial charge in [0.25, 0.3) is 0 Å². The Hall–Kier alpha value is -0.750.